The number of halogens is 2. The van der Waals surface area contributed by atoms with Gasteiger partial charge < -0.3 is 19.1 Å². The SMILES string of the molecule is COC(OC)C1CCN(C2=CCC(C3=C(Br)CCc4cc(OCc5ccccc5)ccc43)C(F)=C2)CC1. The lowest BCUT2D eigenvalue weighted by molar-refractivity contribution is -0.145. The smallest absolute Gasteiger partial charge is 0.159 e. The summed E-state index contributed by atoms with van der Waals surface area (Å²) < 4.78 is 33.8. The third-order valence-corrected chi connectivity index (χ3v) is 8.63. The Kier molecular flexibility index (Phi) is 8.48. The molecule has 2 aromatic rings. The van der Waals surface area contributed by atoms with Crippen molar-refractivity contribution < 1.29 is 18.6 Å². The van der Waals surface area contributed by atoms with Crippen LogP contribution in [-0.2, 0) is 22.5 Å². The molecule has 0 N–H and O–H groups in total. The van der Waals surface area contributed by atoms with Crippen LogP contribution >= 0.6 is 15.9 Å². The fourth-order valence-corrected chi connectivity index (χ4v) is 6.50. The third-order valence-electron chi connectivity index (χ3n) is 7.81. The normalized spacial score (nSPS) is 20.6. The molecule has 0 amide bonds. The molecule has 37 heavy (non-hydrogen) atoms. The first kappa shape index (κ1) is 26.2. The molecule has 1 fully saturated rings. The van der Waals surface area contributed by atoms with Crippen LogP contribution in [0.4, 0.5) is 4.39 Å². The van der Waals surface area contributed by atoms with Crippen LogP contribution in [0.2, 0.25) is 0 Å². The first-order valence-electron chi connectivity index (χ1n) is 13.1. The molecule has 1 saturated heterocycles. The lowest BCUT2D eigenvalue weighted by atomic mass is 9.80. The van der Waals surface area contributed by atoms with E-state index in [2.05, 4.69) is 51.2 Å². The van der Waals surface area contributed by atoms with Gasteiger partial charge in [0.2, 0.25) is 0 Å². The Morgan fingerprint density at radius 2 is 1.78 bits per heavy atom. The van der Waals surface area contributed by atoms with Gasteiger partial charge in [-0.1, -0.05) is 58.4 Å². The minimum Gasteiger partial charge on any atom is -0.489 e. The predicted octanol–water partition coefficient (Wildman–Crippen LogP) is 7.41. The average molecular weight is 569 g/mol. The van der Waals surface area contributed by atoms with Crippen molar-refractivity contribution in [2.45, 2.75) is 45.0 Å². The Hall–Kier alpha value is -2.41. The fourth-order valence-electron chi connectivity index (χ4n) is 5.81. The summed E-state index contributed by atoms with van der Waals surface area (Å²) in [5.74, 6) is 0.903. The van der Waals surface area contributed by atoms with Gasteiger partial charge >= 0.3 is 0 Å². The van der Waals surface area contributed by atoms with Gasteiger partial charge in [0.05, 0.1) is 0 Å². The molecular weight excluding hydrogens is 533 g/mol. The Bertz CT molecular complexity index is 1180. The highest BCUT2D eigenvalue weighted by Gasteiger charge is 2.32. The van der Waals surface area contributed by atoms with E-state index in [-0.39, 0.29) is 18.0 Å². The first-order chi connectivity index (χ1) is 18.1. The standard InChI is InChI=1S/C31H35BrFNO3/c1-35-31(36-2)22-14-16-34(17-15-22)24-9-11-27(29(33)19-24)30-26-12-10-25(18-23(26)8-13-28(30)32)37-20-21-6-4-3-5-7-21/h3-7,9-10,12,18-19,22,27,31H,8,11,13-17,20H2,1-2H3. The number of hydrogen-bond acceptors (Lipinski definition) is 4. The molecule has 4 nitrogen and oxygen atoms in total. The zero-order valence-corrected chi connectivity index (χ0v) is 23.2. The van der Waals surface area contributed by atoms with Crippen molar-refractivity contribution in [3.8, 4) is 5.75 Å². The van der Waals surface area contributed by atoms with Gasteiger partial charge in [0.1, 0.15) is 18.2 Å². The van der Waals surface area contributed by atoms with Gasteiger partial charge in [-0.3, -0.25) is 0 Å². The van der Waals surface area contributed by atoms with E-state index in [1.165, 1.54) is 5.56 Å². The van der Waals surface area contributed by atoms with Gasteiger partial charge in [-0.25, -0.2) is 4.39 Å². The van der Waals surface area contributed by atoms with Crippen molar-refractivity contribution in [1.82, 2.24) is 4.90 Å². The number of fused-ring (bicyclic) bond motifs is 1. The first-order valence-corrected chi connectivity index (χ1v) is 13.9. The van der Waals surface area contributed by atoms with Crippen molar-refractivity contribution in [2.75, 3.05) is 27.3 Å². The maximum atomic E-state index is 15.7. The minimum atomic E-state index is -0.267. The fraction of sp³-hybridized carbons (Fsp3) is 0.419. The molecule has 0 radical (unpaired) electrons. The number of benzene rings is 2. The van der Waals surface area contributed by atoms with Gasteiger partial charge in [0, 0.05) is 44.8 Å². The second-order valence-corrected chi connectivity index (χ2v) is 11.0. The zero-order chi connectivity index (χ0) is 25.8. The predicted molar refractivity (Wildman–Crippen MR) is 149 cm³/mol. The van der Waals surface area contributed by atoms with E-state index >= 15 is 4.39 Å². The van der Waals surface area contributed by atoms with E-state index < -0.39 is 0 Å². The van der Waals surface area contributed by atoms with Crippen LogP contribution in [0.15, 0.2) is 76.7 Å². The molecule has 1 aliphatic heterocycles. The van der Waals surface area contributed by atoms with Crippen LogP contribution in [0.3, 0.4) is 0 Å². The van der Waals surface area contributed by atoms with E-state index in [1.54, 1.807) is 20.3 Å². The molecule has 0 bridgehead atoms. The van der Waals surface area contributed by atoms with Gasteiger partial charge in [-0.2, -0.15) is 0 Å². The quantitative estimate of drug-likeness (QED) is 0.311. The average Bonchev–Trinajstić information content (AvgIpc) is 2.94. The molecule has 5 rings (SSSR count). The maximum absolute atomic E-state index is 15.7. The van der Waals surface area contributed by atoms with Crippen LogP contribution in [0.1, 0.15) is 42.4 Å². The number of piperidine rings is 1. The Balaban J connectivity index is 1.27. The minimum absolute atomic E-state index is 0.0597. The molecule has 0 spiro atoms. The van der Waals surface area contributed by atoms with Crippen molar-refractivity contribution in [1.29, 1.82) is 0 Å². The highest BCUT2D eigenvalue weighted by atomic mass is 79.9. The molecule has 0 saturated carbocycles. The highest BCUT2D eigenvalue weighted by Crippen LogP contribution is 2.46. The second kappa shape index (κ2) is 12.0. The van der Waals surface area contributed by atoms with E-state index in [4.69, 9.17) is 14.2 Å². The Morgan fingerprint density at radius 3 is 2.49 bits per heavy atom. The molecule has 2 aromatic carbocycles. The molecule has 196 valence electrons. The number of aryl methyl sites for hydroxylation is 1. The van der Waals surface area contributed by atoms with Gasteiger partial charge in [0.15, 0.2) is 6.29 Å². The van der Waals surface area contributed by atoms with Crippen molar-refractivity contribution in [3.63, 3.8) is 0 Å². The Morgan fingerprint density at radius 1 is 1.03 bits per heavy atom. The summed E-state index contributed by atoms with van der Waals surface area (Å²) in [5, 5.41) is 0. The molecule has 3 aliphatic rings. The number of allylic oxidation sites excluding steroid dienone is 5. The summed E-state index contributed by atoms with van der Waals surface area (Å²) in [6, 6.07) is 16.4. The van der Waals surface area contributed by atoms with E-state index in [1.807, 2.05) is 24.3 Å². The number of hydrogen-bond donors (Lipinski definition) is 0. The van der Waals surface area contributed by atoms with Crippen LogP contribution in [0, 0.1) is 11.8 Å². The summed E-state index contributed by atoms with van der Waals surface area (Å²) in [5.41, 5.74) is 5.56. The third kappa shape index (κ3) is 5.87. The summed E-state index contributed by atoms with van der Waals surface area (Å²) in [4.78, 5) is 2.29. The van der Waals surface area contributed by atoms with Crippen molar-refractivity contribution >= 4 is 21.5 Å². The van der Waals surface area contributed by atoms with Gasteiger partial charge in [-0.05, 0) is 77.1 Å². The zero-order valence-electron chi connectivity index (χ0n) is 21.6. The molecular formula is C31H35BrFNO3. The number of nitrogens with zero attached hydrogens (tertiary/aromatic N) is 1. The maximum Gasteiger partial charge on any atom is 0.159 e. The summed E-state index contributed by atoms with van der Waals surface area (Å²) in [6.07, 6.45) is 8.18. The molecule has 0 aromatic heterocycles. The number of methoxy groups -OCH3 is 2. The Labute approximate surface area is 227 Å². The van der Waals surface area contributed by atoms with Crippen LogP contribution < -0.4 is 4.74 Å². The molecule has 6 heteroatoms. The van der Waals surface area contributed by atoms with Crippen molar-refractivity contribution in [2.24, 2.45) is 11.8 Å². The van der Waals surface area contributed by atoms with Gasteiger partial charge in [-0.15, -0.1) is 0 Å². The lowest BCUT2D eigenvalue weighted by Gasteiger charge is -2.38. The highest BCUT2D eigenvalue weighted by molar-refractivity contribution is 9.11. The molecule has 1 heterocycles. The van der Waals surface area contributed by atoms with Crippen molar-refractivity contribution in [3.05, 3.63) is 93.4 Å². The number of ether oxygens (including phenoxy) is 3. The number of rotatable bonds is 8. The molecule has 1 atom stereocenters. The molecule has 1 unspecified atom stereocenters. The second-order valence-electron chi connectivity index (χ2n) is 10.0. The monoisotopic (exact) mass is 567 g/mol. The van der Waals surface area contributed by atoms with E-state index in [0.717, 1.165) is 71.4 Å². The summed E-state index contributed by atoms with van der Waals surface area (Å²) >= 11 is 3.79. The summed E-state index contributed by atoms with van der Waals surface area (Å²) in [6.45, 7) is 2.30. The van der Waals surface area contributed by atoms with E-state index in [0.29, 0.717) is 18.9 Å². The van der Waals surface area contributed by atoms with Crippen LogP contribution in [0.25, 0.3) is 5.57 Å². The summed E-state index contributed by atoms with van der Waals surface area (Å²) in [7, 11) is 3.38. The largest absolute Gasteiger partial charge is 0.489 e. The van der Waals surface area contributed by atoms with Gasteiger partial charge in [0.25, 0.3) is 0 Å². The van der Waals surface area contributed by atoms with Crippen LogP contribution in [-0.4, -0.2) is 38.5 Å². The van der Waals surface area contributed by atoms with E-state index in [9.17, 15) is 0 Å². The number of likely N-dealkylation sites (tertiary alicyclic amines) is 1. The topological polar surface area (TPSA) is 30.9 Å². The molecule has 2 aliphatic carbocycles. The lowest BCUT2D eigenvalue weighted by Crippen LogP contribution is -2.38. The van der Waals surface area contributed by atoms with Crippen LogP contribution in [0.5, 0.6) is 5.75 Å².